The number of rotatable bonds is 3. The molecule has 116 valence electrons. The smallest absolute Gasteiger partial charge is 0.149 e. The zero-order valence-corrected chi connectivity index (χ0v) is 13.4. The molecule has 0 fully saturated rings. The van der Waals surface area contributed by atoms with E-state index in [1.165, 1.54) is 6.07 Å². The number of nitrogens with zero attached hydrogens (tertiary/aromatic N) is 3. The van der Waals surface area contributed by atoms with Crippen LogP contribution in [0.15, 0.2) is 18.3 Å². The molecule has 0 unspecified atom stereocenters. The number of hydrogen-bond acceptors (Lipinski definition) is 3. The van der Waals surface area contributed by atoms with Gasteiger partial charge in [0.1, 0.15) is 17.5 Å². The van der Waals surface area contributed by atoms with Crippen LogP contribution >= 0.6 is 0 Å². The van der Waals surface area contributed by atoms with E-state index in [0.29, 0.717) is 10.9 Å². The van der Waals surface area contributed by atoms with Crippen LogP contribution in [0, 0.1) is 12.7 Å². The fourth-order valence-electron chi connectivity index (χ4n) is 2.56. The molecule has 0 aromatic carbocycles. The lowest BCUT2D eigenvalue weighted by atomic mass is 10.1. The molecule has 2 aromatic rings. The van der Waals surface area contributed by atoms with Crippen molar-refractivity contribution in [3.05, 3.63) is 46.2 Å². The second kappa shape index (κ2) is 6.13. The van der Waals surface area contributed by atoms with Crippen molar-refractivity contribution in [2.45, 2.75) is 33.7 Å². The van der Waals surface area contributed by atoms with Gasteiger partial charge in [0.25, 0.3) is 0 Å². The largest absolute Gasteiger partial charge is 0.384 e. The van der Waals surface area contributed by atoms with Gasteiger partial charge in [-0.15, -0.1) is 0 Å². The van der Waals surface area contributed by atoms with Gasteiger partial charge in [-0.25, -0.2) is 14.4 Å². The van der Waals surface area contributed by atoms with Gasteiger partial charge in [-0.1, -0.05) is 12.7 Å². The van der Waals surface area contributed by atoms with E-state index in [4.69, 9.17) is 5.73 Å². The maximum Gasteiger partial charge on any atom is 0.149 e. The quantitative estimate of drug-likeness (QED) is 0.945. The van der Waals surface area contributed by atoms with Crippen molar-refractivity contribution in [2.75, 3.05) is 5.73 Å². The first-order chi connectivity index (χ1) is 10.3. The van der Waals surface area contributed by atoms with Crippen LogP contribution in [-0.2, 0) is 0 Å². The highest BCUT2D eigenvalue weighted by atomic mass is 19.1. The summed E-state index contributed by atoms with van der Waals surface area (Å²) in [7, 11) is 0. The molecule has 0 spiro atoms. The summed E-state index contributed by atoms with van der Waals surface area (Å²) in [5.41, 5.74) is 6.82. The highest BCUT2D eigenvalue weighted by Gasteiger charge is 2.10. The fraction of sp³-hybridized carbons (Fsp3) is 0.294. The molecule has 0 aliphatic carbocycles. The average molecular weight is 300 g/mol. The number of aromatic nitrogens is 3. The van der Waals surface area contributed by atoms with Crippen molar-refractivity contribution < 1.29 is 4.39 Å². The molecule has 0 saturated carbocycles. The highest BCUT2D eigenvalue weighted by Crippen LogP contribution is 2.20. The molecule has 2 rings (SSSR count). The molecule has 2 heterocycles. The van der Waals surface area contributed by atoms with E-state index in [-0.39, 0.29) is 11.9 Å². The monoisotopic (exact) mass is 300 g/mol. The van der Waals surface area contributed by atoms with Gasteiger partial charge in [0.2, 0.25) is 0 Å². The SMILES string of the molecule is C=c1nc(C)n(C(C)C)/c1=C/C(=C\C)c1cc(N)ncc1F. The molecule has 2 N–H and O–H groups in total. The number of pyridine rings is 1. The maximum absolute atomic E-state index is 14.1. The van der Waals surface area contributed by atoms with Crippen LogP contribution in [0.1, 0.15) is 38.2 Å². The molecule has 2 aromatic heterocycles. The first-order valence-electron chi connectivity index (χ1n) is 7.18. The van der Waals surface area contributed by atoms with Gasteiger partial charge in [0.15, 0.2) is 0 Å². The van der Waals surface area contributed by atoms with Gasteiger partial charge in [0, 0.05) is 11.6 Å². The second-order valence-electron chi connectivity index (χ2n) is 5.43. The predicted molar refractivity (Wildman–Crippen MR) is 88.8 cm³/mol. The molecule has 0 bridgehead atoms. The van der Waals surface area contributed by atoms with E-state index in [1.54, 1.807) is 0 Å². The topological polar surface area (TPSA) is 56.7 Å². The van der Waals surface area contributed by atoms with Crippen molar-refractivity contribution in [1.29, 1.82) is 0 Å². The third-order valence-electron chi connectivity index (χ3n) is 3.51. The van der Waals surface area contributed by atoms with Gasteiger partial charge in [-0.3, -0.25) is 0 Å². The molecule has 4 nitrogen and oxygen atoms in total. The van der Waals surface area contributed by atoms with Gasteiger partial charge in [0.05, 0.1) is 16.9 Å². The van der Waals surface area contributed by atoms with E-state index in [1.807, 2.05) is 26.0 Å². The van der Waals surface area contributed by atoms with Gasteiger partial charge in [-0.2, -0.15) is 0 Å². The number of allylic oxidation sites excluding steroid dienone is 2. The Labute approximate surface area is 129 Å². The summed E-state index contributed by atoms with van der Waals surface area (Å²) in [4.78, 5) is 8.18. The lowest BCUT2D eigenvalue weighted by Gasteiger charge is -2.11. The Balaban J connectivity index is 2.70. The molecule has 0 radical (unpaired) electrons. The van der Waals surface area contributed by atoms with Crippen LogP contribution in [0.2, 0.25) is 0 Å². The summed E-state index contributed by atoms with van der Waals surface area (Å²) in [5, 5.41) is 1.54. The first kappa shape index (κ1) is 15.9. The van der Waals surface area contributed by atoms with Gasteiger partial charge in [-0.05, 0) is 45.4 Å². The van der Waals surface area contributed by atoms with Gasteiger partial charge < -0.3 is 10.3 Å². The Kier molecular flexibility index (Phi) is 4.45. The van der Waals surface area contributed by atoms with Crippen LogP contribution < -0.4 is 16.4 Å². The molecular weight excluding hydrogens is 279 g/mol. The van der Waals surface area contributed by atoms with Crippen LogP contribution in [0.5, 0.6) is 0 Å². The van der Waals surface area contributed by atoms with Gasteiger partial charge >= 0.3 is 0 Å². The molecule has 0 amide bonds. The number of aryl methyl sites for hydroxylation is 1. The van der Waals surface area contributed by atoms with Crippen molar-refractivity contribution in [1.82, 2.24) is 14.5 Å². The van der Waals surface area contributed by atoms with E-state index < -0.39 is 5.82 Å². The summed E-state index contributed by atoms with van der Waals surface area (Å²) >= 11 is 0. The Morgan fingerprint density at radius 3 is 2.73 bits per heavy atom. The van der Waals surface area contributed by atoms with E-state index in [0.717, 1.165) is 22.9 Å². The summed E-state index contributed by atoms with van der Waals surface area (Å²) in [6.07, 6.45) is 4.86. The number of nitrogen functional groups attached to an aromatic ring is 1. The normalized spacial score (nSPS) is 13.2. The van der Waals surface area contributed by atoms with Crippen molar-refractivity contribution in [2.24, 2.45) is 0 Å². The standard InChI is InChI=1S/C17H21FN4/c1-6-13(14-8-17(19)20-9-15(14)18)7-16-11(4)21-12(5)22(16)10(2)3/h6-10H,4H2,1-3,5H3,(H2,19,20)/b13-6+,16-7+. The third-order valence-corrected chi connectivity index (χ3v) is 3.51. The minimum Gasteiger partial charge on any atom is -0.384 e. The zero-order chi connectivity index (χ0) is 16.4. The molecular formula is C17H21FN4. The lowest BCUT2D eigenvalue weighted by molar-refractivity contribution is 0.569. The second-order valence-corrected chi connectivity index (χ2v) is 5.43. The van der Waals surface area contributed by atoms with Crippen LogP contribution in [0.4, 0.5) is 10.2 Å². The number of anilines is 1. The lowest BCUT2D eigenvalue weighted by Crippen LogP contribution is -2.30. The van der Waals surface area contributed by atoms with Crippen molar-refractivity contribution in [3.8, 4) is 0 Å². The molecule has 0 atom stereocenters. The summed E-state index contributed by atoms with van der Waals surface area (Å²) in [6, 6.07) is 1.77. The molecule has 5 heteroatoms. The van der Waals surface area contributed by atoms with E-state index in [2.05, 4.69) is 35.0 Å². The zero-order valence-electron chi connectivity index (χ0n) is 13.4. The Bertz CT molecular complexity index is 831. The molecule has 0 aliphatic rings. The number of hydrogen-bond donors (Lipinski definition) is 1. The summed E-state index contributed by atoms with van der Waals surface area (Å²) in [5.74, 6) is 0.764. The first-order valence-corrected chi connectivity index (χ1v) is 7.18. The fourth-order valence-corrected chi connectivity index (χ4v) is 2.56. The number of nitrogens with two attached hydrogens (primary N) is 1. The Hall–Kier alpha value is -2.43. The maximum atomic E-state index is 14.1. The minimum absolute atomic E-state index is 0.236. The van der Waals surface area contributed by atoms with Crippen molar-refractivity contribution >= 4 is 24.0 Å². The summed E-state index contributed by atoms with van der Waals surface area (Å²) in [6.45, 7) is 11.9. The molecule has 0 saturated heterocycles. The van der Waals surface area contributed by atoms with Crippen LogP contribution in [-0.4, -0.2) is 14.5 Å². The summed E-state index contributed by atoms with van der Waals surface area (Å²) < 4.78 is 16.1. The Morgan fingerprint density at radius 2 is 2.14 bits per heavy atom. The number of halogens is 1. The highest BCUT2D eigenvalue weighted by molar-refractivity contribution is 5.88. The minimum atomic E-state index is -0.406. The average Bonchev–Trinajstić information content (AvgIpc) is 2.73. The van der Waals surface area contributed by atoms with Crippen molar-refractivity contribution in [3.63, 3.8) is 0 Å². The molecule has 22 heavy (non-hydrogen) atoms. The van der Waals surface area contributed by atoms with E-state index in [9.17, 15) is 4.39 Å². The van der Waals surface area contributed by atoms with E-state index >= 15 is 0 Å². The molecule has 0 aliphatic heterocycles. The Morgan fingerprint density at radius 1 is 1.45 bits per heavy atom. The van der Waals surface area contributed by atoms with Crippen LogP contribution in [0.3, 0.4) is 0 Å². The van der Waals surface area contributed by atoms with Crippen LogP contribution in [0.25, 0.3) is 18.2 Å². The predicted octanol–water partition coefficient (Wildman–Crippen LogP) is 2.18. The third kappa shape index (κ3) is 2.93. The number of imidazole rings is 1.